The van der Waals surface area contributed by atoms with E-state index in [4.69, 9.17) is 10.00 Å². The summed E-state index contributed by atoms with van der Waals surface area (Å²) in [7, 11) is 0. The highest BCUT2D eigenvalue weighted by Gasteiger charge is 2.03. The van der Waals surface area contributed by atoms with Gasteiger partial charge < -0.3 is 4.74 Å². The van der Waals surface area contributed by atoms with Gasteiger partial charge in [0.2, 0.25) is 0 Å². The molecule has 0 bridgehead atoms. The number of ether oxygens (including phenoxy) is 1. The molecule has 0 fully saturated rings. The number of hydrogen-bond acceptors (Lipinski definition) is 4. The lowest BCUT2D eigenvalue weighted by Crippen LogP contribution is -1.97. The van der Waals surface area contributed by atoms with Crippen LogP contribution < -0.4 is 4.74 Å². The van der Waals surface area contributed by atoms with Gasteiger partial charge in [-0.3, -0.25) is 0 Å². The Kier molecular flexibility index (Phi) is 3.25. The molecule has 0 aliphatic heterocycles. The molecule has 0 amide bonds. The average molecular weight is 261 g/mol. The first-order valence-electron chi connectivity index (χ1n) is 6.19. The van der Waals surface area contributed by atoms with Crippen molar-refractivity contribution in [3.8, 4) is 11.8 Å². The fraction of sp³-hybridized carbons (Fsp3) is 0.0625. The molecule has 0 saturated heterocycles. The van der Waals surface area contributed by atoms with Crippen molar-refractivity contribution < 1.29 is 4.74 Å². The lowest BCUT2D eigenvalue weighted by Gasteiger charge is -2.08. The SMILES string of the molecule is N#Cc1ccc(COc2cnnc3ccccc23)cc1. The molecule has 96 valence electrons. The fourth-order valence-corrected chi connectivity index (χ4v) is 1.93. The molecule has 0 spiro atoms. The molecule has 0 N–H and O–H groups in total. The van der Waals surface area contributed by atoms with Crippen molar-refractivity contribution in [1.82, 2.24) is 10.2 Å². The Bertz CT molecular complexity index is 770. The van der Waals surface area contributed by atoms with Gasteiger partial charge in [-0.2, -0.15) is 15.5 Å². The van der Waals surface area contributed by atoms with E-state index in [0.29, 0.717) is 17.9 Å². The maximum atomic E-state index is 8.76. The standard InChI is InChI=1S/C16H11N3O/c17-9-12-5-7-13(8-6-12)11-20-16-10-18-19-15-4-2-1-3-14(15)16/h1-8,10H,11H2. The van der Waals surface area contributed by atoms with Crippen LogP contribution in [0.15, 0.2) is 54.7 Å². The third kappa shape index (κ3) is 2.43. The quantitative estimate of drug-likeness (QED) is 0.727. The molecule has 0 unspecified atom stereocenters. The second-order valence-corrected chi connectivity index (χ2v) is 4.32. The van der Waals surface area contributed by atoms with Crippen LogP contribution in [0.25, 0.3) is 10.9 Å². The normalized spacial score (nSPS) is 10.2. The summed E-state index contributed by atoms with van der Waals surface area (Å²) in [6.07, 6.45) is 1.62. The van der Waals surface area contributed by atoms with E-state index >= 15 is 0 Å². The van der Waals surface area contributed by atoms with Gasteiger partial charge in [-0.25, -0.2) is 0 Å². The van der Waals surface area contributed by atoms with Crippen molar-refractivity contribution in [2.75, 3.05) is 0 Å². The Morgan fingerprint density at radius 1 is 1.05 bits per heavy atom. The molecule has 20 heavy (non-hydrogen) atoms. The summed E-state index contributed by atoms with van der Waals surface area (Å²) in [5, 5.41) is 17.7. The van der Waals surface area contributed by atoms with E-state index < -0.39 is 0 Å². The maximum Gasteiger partial charge on any atom is 0.149 e. The monoisotopic (exact) mass is 261 g/mol. The Balaban J connectivity index is 1.81. The molecular formula is C16H11N3O. The van der Waals surface area contributed by atoms with Crippen LogP contribution in [0.4, 0.5) is 0 Å². The van der Waals surface area contributed by atoms with Crippen molar-refractivity contribution in [2.24, 2.45) is 0 Å². The second kappa shape index (κ2) is 5.37. The van der Waals surface area contributed by atoms with Gasteiger partial charge in [-0.1, -0.05) is 24.3 Å². The van der Waals surface area contributed by atoms with Crippen molar-refractivity contribution in [3.05, 3.63) is 65.9 Å². The molecule has 4 nitrogen and oxygen atoms in total. The van der Waals surface area contributed by atoms with E-state index in [1.54, 1.807) is 18.3 Å². The van der Waals surface area contributed by atoms with Gasteiger partial charge in [0.1, 0.15) is 12.4 Å². The van der Waals surface area contributed by atoms with E-state index in [1.807, 2.05) is 36.4 Å². The van der Waals surface area contributed by atoms with Gasteiger partial charge >= 0.3 is 0 Å². The highest BCUT2D eigenvalue weighted by Crippen LogP contribution is 2.23. The Hall–Kier alpha value is -2.93. The Morgan fingerprint density at radius 2 is 1.85 bits per heavy atom. The number of nitriles is 1. The molecule has 0 radical (unpaired) electrons. The third-order valence-electron chi connectivity index (χ3n) is 2.99. The van der Waals surface area contributed by atoms with Gasteiger partial charge in [0.15, 0.2) is 0 Å². The minimum Gasteiger partial charge on any atom is -0.487 e. The highest BCUT2D eigenvalue weighted by atomic mass is 16.5. The maximum absolute atomic E-state index is 8.76. The first-order valence-corrected chi connectivity index (χ1v) is 6.19. The number of nitrogens with zero attached hydrogens (tertiary/aromatic N) is 3. The fourth-order valence-electron chi connectivity index (χ4n) is 1.93. The number of hydrogen-bond donors (Lipinski definition) is 0. The van der Waals surface area contributed by atoms with Crippen molar-refractivity contribution in [2.45, 2.75) is 6.61 Å². The predicted octanol–water partition coefficient (Wildman–Crippen LogP) is 3.08. The van der Waals surface area contributed by atoms with E-state index in [1.165, 1.54) is 0 Å². The molecule has 0 atom stereocenters. The zero-order valence-corrected chi connectivity index (χ0v) is 10.7. The number of fused-ring (bicyclic) bond motifs is 1. The van der Waals surface area contributed by atoms with Gasteiger partial charge in [0.25, 0.3) is 0 Å². The molecule has 0 aliphatic rings. The summed E-state index contributed by atoms with van der Waals surface area (Å²) in [4.78, 5) is 0. The van der Waals surface area contributed by atoms with E-state index in [0.717, 1.165) is 16.5 Å². The van der Waals surface area contributed by atoms with Crippen LogP contribution in [0, 0.1) is 11.3 Å². The summed E-state index contributed by atoms with van der Waals surface area (Å²) in [5.74, 6) is 0.708. The number of rotatable bonds is 3. The van der Waals surface area contributed by atoms with Gasteiger partial charge in [0.05, 0.1) is 23.3 Å². The van der Waals surface area contributed by atoms with Crippen molar-refractivity contribution >= 4 is 10.9 Å². The van der Waals surface area contributed by atoms with Crippen LogP contribution in [0.5, 0.6) is 5.75 Å². The van der Waals surface area contributed by atoms with Crippen LogP contribution in [-0.2, 0) is 6.61 Å². The van der Waals surface area contributed by atoms with E-state index in [-0.39, 0.29) is 0 Å². The van der Waals surface area contributed by atoms with Crippen LogP contribution in [-0.4, -0.2) is 10.2 Å². The van der Waals surface area contributed by atoms with Crippen molar-refractivity contribution in [1.29, 1.82) is 5.26 Å². The minimum absolute atomic E-state index is 0.432. The molecule has 0 saturated carbocycles. The topological polar surface area (TPSA) is 58.8 Å². The zero-order valence-electron chi connectivity index (χ0n) is 10.7. The zero-order chi connectivity index (χ0) is 13.8. The summed E-state index contributed by atoms with van der Waals surface area (Å²) in [5.41, 5.74) is 2.46. The summed E-state index contributed by atoms with van der Waals surface area (Å²) >= 11 is 0. The summed E-state index contributed by atoms with van der Waals surface area (Å²) in [6.45, 7) is 0.432. The Morgan fingerprint density at radius 3 is 2.65 bits per heavy atom. The largest absolute Gasteiger partial charge is 0.487 e. The smallest absolute Gasteiger partial charge is 0.149 e. The molecule has 1 heterocycles. The van der Waals surface area contributed by atoms with Gasteiger partial charge in [-0.05, 0) is 29.8 Å². The minimum atomic E-state index is 0.432. The number of aromatic nitrogens is 2. The Labute approximate surface area is 116 Å². The molecule has 4 heteroatoms. The third-order valence-corrected chi connectivity index (χ3v) is 2.99. The van der Waals surface area contributed by atoms with Crippen LogP contribution >= 0.6 is 0 Å². The molecule has 2 aromatic carbocycles. The van der Waals surface area contributed by atoms with Crippen molar-refractivity contribution in [3.63, 3.8) is 0 Å². The molecule has 3 aromatic rings. The average Bonchev–Trinajstić information content (AvgIpc) is 2.53. The van der Waals surface area contributed by atoms with Crippen LogP contribution in [0.3, 0.4) is 0 Å². The predicted molar refractivity (Wildman–Crippen MR) is 75.0 cm³/mol. The molecule has 1 aromatic heterocycles. The molecule has 0 aliphatic carbocycles. The first kappa shape index (κ1) is 12.1. The van der Waals surface area contributed by atoms with E-state index in [2.05, 4.69) is 16.3 Å². The second-order valence-electron chi connectivity index (χ2n) is 4.32. The van der Waals surface area contributed by atoms with Crippen LogP contribution in [0.2, 0.25) is 0 Å². The van der Waals surface area contributed by atoms with Crippen LogP contribution in [0.1, 0.15) is 11.1 Å². The molecular weight excluding hydrogens is 250 g/mol. The lowest BCUT2D eigenvalue weighted by atomic mass is 10.1. The first-order chi connectivity index (χ1) is 9.86. The summed E-state index contributed by atoms with van der Waals surface area (Å²) in [6, 6.07) is 17.1. The molecule has 3 rings (SSSR count). The van der Waals surface area contributed by atoms with Gasteiger partial charge in [-0.15, -0.1) is 0 Å². The summed E-state index contributed by atoms with van der Waals surface area (Å²) < 4.78 is 5.79. The van der Waals surface area contributed by atoms with Gasteiger partial charge in [0, 0.05) is 5.39 Å². The highest BCUT2D eigenvalue weighted by molar-refractivity contribution is 5.83. The lowest BCUT2D eigenvalue weighted by molar-refractivity contribution is 0.308. The van der Waals surface area contributed by atoms with E-state index in [9.17, 15) is 0 Å². The number of benzene rings is 2.